The number of fused-ring (bicyclic) bond motifs is 1. The number of hydrogen-bond donors (Lipinski definition) is 1. The Morgan fingerprint density at radius 2 is 1.64 bits per heavy atom. The highest BCUT2D eigenvalue weighted by Crippen LogP contribution is 2.55. The number of piperidine rings is 1. The summed E-state index contributed by atoms with van der Waals surface area (Å²) in [4.78, 5) is 18.9. The first-order valence-electron chi connectivity index (χ1n) is 10.1. The first-order valence-corrected chi connectivity index (χ1v) is 10.1. The van der Waals surface area contributed by atoms with Gasteiger partial charge in [-0.3, -0.25) is 9.63 Å². The van der Waals surface area contributed by atoms with Crippen LogP contribution in [-0.2, 0) is 9.63 Å². The Labute approximate surface area is 153 Å². The van der Waals surface area contributed by atoms with Crippen LogP contribution in [-0.4, -0.2) is 38.7 Å². The highest BCUT2D eigenvalue weighted by molar-refractivity contribution is 5.83. The SMILES string of the molecule is C[C@H]1C(=O)CC[C@@]2(C)CC[C@H](ON3C(C)(C)CCCC3(C)C)C[C@@]12O. The topological polar surface area (TPSA) is 49.8 Å². The van der Waals surface area contributed by atoms with Crippen molar-refractivity contribution in [3.8, 4) is 0 Å². The van der Waals surface area contributed by atoms with Gasteiger partial charge in [0.1, 0.15) is 5.78 Å². The first-order chi connectivity index (χ1) is 11.4. The van der Waals surface area contributed by atoms with Crippen LogP contribution < -0.4 is 0 Å². The van der Waals surface area contributed by atoms with Crippen molar-refractivity contribution in [2.24, 2.45) is 11.3 Å². The quantitative estimate of drug-likeness (QED) is 0.808. The molecule has 144 valence electrons. The van der Waals surface area contributed by atoms with Crippen molar-refractivity contribution in [1.82, 2.24) is 5.06 Å². The number of Topliss-reactive ketones (excluding diaryl/α,β-unsaturated/α-hetero) is 1. The molecule has 4 heteroatoms. The highest BCUT2D eigenvalue weighted by Gasteiger charge is 2.59. The Hall–Kier alpha value is -0.450. The van der Waals surface area contributed by atoms with Gasteiger partial charge in [-0.2, -0.15) is 5.06 Å². The number of ketones is 1. The average molecular weight is 352 g/mol. The summed E-state index contributed by atoms with van der Waals surface area (Å²) in [6, 6.07) is 0. The van der Waals surface area contributed by atoms with Crippen molar-refractivity contribution in [3.05, 3.63) is 0 Å². The van der Waals surface area contributed by atoms with E-state index in [0.29, 0.717) is 12.8 Å². The normalized spacial score (nSPS) is 44.4. The van der Waals surface area contributed by atoms with Gasteiger partial charge in [0, 0.05) is 29.8 Å². The third kappa shape index (κ3) is 3.08. The molecule has 0 aromatic carbocycles. The van der Waals surface area contributed by atoms with Crippen LogP contribution in [0.1, 0.15) is 92.9 Å². The molecular formula is C21H37NO3. The fourth-order valence-electron chi connectivity index (χ4n) is 5.81. The van der Waals surface area contributed by atoms with Gasteiger partial charge in [0.05, 0.1) is 11.7 Å². The lowest BCUT2D eigenvalue weighted by Crippen LogP contribution is -2.64. The molecule has 1 N–H and O–H groups in total. The van der Waals surface area contributed by atoms with Crippen LogP contribution in [0.5, 0.6) is 0 Å². The minimum absolute atomic E-state index is 0.000873. The molecule has 0 unspecified atom stereocenters. The van der Waals surface area contributed by atoms with E-state index in [-0.39, 0.29) is 34.3 Å². The summed E-state index contributed by atoms with van der Waals surface area (Å²) < 4.78 is 0. The lowest BCUT2D eigenvalue weighted by molar-refractivity contribution is -0.324. The largest absolute Gasteiger partial charge is 0.388 e. The van der Waals surface area contributed by atoms with Gasteiger partial charge < -0.3 is 5.11 Å². The van der Waals surface area contributed by atoms with E-state index >= 15 is 0 Å². The molecule has 4 atom stereocenters. The third-order valence-corrected chi connectivity index (χ3v) is 7.66. The molecule has 0 aromatic rings. The van der Waals surface area contributed by atoms with E-state index in [4.69, 9.17) is 4.84 Å². The van der Waals surface area contributed by atoms with Crippen LogP contribution in [0, 0.1) is 11.3 Å². The molecule has 3 rings (SSSR count). The van der Waals surface area contributed by atoms with Crippen LogP contribution >= 0.6 is 0 Å². The summed E-state index contributed by atoms with van der Waals surface area (Å²) in [5.74, 6) is -0.0840. The van der Waals surface area contributed by atoms with Crippen molar-refractivity contribution in [1.29, 1.82) is 0 Å². The van der Waals surface area contributed by atoms with Crippen molar-refractivity contribution in [2.45, 2.75) is 116 Å². The molecule has 25 heavy (non-hydrogen) atoms. The van der Waals surface area contributed by atoms with Crippen LogP contribution in [0.3, 0.4) is 0 Å². The lowest BCUT2D eigenvalue weighted by Gasteiger charge is -2.58. The van der Waals surface area contributed by atoms with Gasteiger partial charge in [-0.15, -0.1) is 0 Å². The zero-order valence-electron chi connectivity index (χ0n) is 17.0. The average Bonchev–Trinajstić information content (AvgIpc) is 2.50. The van der Waals surface area contributed by atoms with E-state index in [1.54, 1.807) is 0 Å². The predicted molar refractivity (Wildman–Crippen MR) is 99.0 cm³/mol. The summed E-state index contributed by atoms with van der Waals surface area (Å²) in [7, 11) is 0. The molecule has 2 aliphatic carbocycles. The van der Waals surface area contributed by atoms with Gasteiger partial charge in [-0.1, -0.05) is 13.8 Å². The number of aliphatic hydroxyl groups is 1. The molecule has 0 bridgehead atoms. The van der Waals surface area contributed by atoms with Gasteiger partial charge >= 0.3 is 0 Å². The summed E-state index contributed by atoms with van der Waals surface area (Å²) in [6.45, 7) is 13.1. The van der Waals surface area contributed by atoms with Crippen molar-refractivity contribution >= 4 is 5.78 Å². The van der Waals surface area contributed by atoms with E-state index < -0.39 is 5.60 Å². The molecule has 3 fully saturated rings. The minimum atomic E-state index is -0.935. The van der Waals surface area contributed by atoms with Crippen LogP contribution in [0.25, 0.3) is 0 Å². The van der Waals surface area contributed by atoms with Crippen molar-refractivity contribution in [2.75, 3.05) is 0 Å². The number of rotatable bonds is 2. The molecule has 0 radical (unpaired) electrons. The van der Waals surface area contributed by atoms with Gasteiger partial charge in [0.2, 0.25) is 0 Å². The summed E-state index contributed by atoms with van der Waals surface area (Å²) in [5, 5.41) is 13.7. The standard InChI is InChI=1S/C21H37NO3/c1-15-17(23)9-13-20(6)12-8-16(14-21(15,20)24)25-22-18(2,3)10-7-11-19(22,4)5/h15-16,24H,7-14H2,1-6H3/t15-,16-,20+,21+/m0/s1. The number of carbonyl (C=O) groups excluding carboxylic acids is 1. The van der Waals surface area contributed by atoms with E-state index in [1.165, 1.54) is 6.42 Å². The maximum absolute atomic E-state index is 12.3. The Kier molecular flexibility index (Phi) is 4.66. The molecule has 3 aliphatic rings. The predicted octanol–water partition coefficient (Wildman–Crippen LogP) is 4.25. The monoisotopic (exact) mass is 351 g/mol. The first kappa shape index (κ1) is 19.3. The van der Waals surface area contributed by atoms with Crippen LogP contribution in [0.4, 0.5) is 0 Å². The van der Waals surface area contributed by atoms with E-state index in [0.717, 1.165) is 32.1 Å². The third-order valence-electron chi connectivity index (χ3n) is 7.66. The zero-order valence-corrected chi connectivity index (χ0v) is 17.0. The molecule has 1 aliphatic heterocycles. The number of hydroxylamine groups is 2. The molecule has 1 saturated heterocycles. The lowest BCUT2D eigenvalue weighted by atomic mass is 9.53. The van der Waals surface area contributed by atoms with E-state index in [2.05, 4.69) is 39.7 Å². The second-order valence-electron chi connectivity index (χ2n) is 10.4. The zero-order chi connectivity index (χ0) is 18.7. The minimum Gasteiger partial charge on any atom is -0.388 e. The Bertz CT molecular complexity index is 527. The number of carbonyl (C=O) groups is 1. The molecule has 1 heterocycles. The van der Waals surface area contributed by atoms with Crippen LogP contribution in [0.2, 0.25) is 0 Å². The Morgan fingerprint density at radius 3 is 2.24 bits per heavy atom. The molecule has 2 saturated carbocycles. The van der Waals surface area contributed by atoms with E-state index in [1.807, 2.05) is 6.92 Å². The molecule has 0 spiro atoms. The van der Waals surface area contributed by atoms with Gasteiger partial charge in [-0.25, -0.2) is 0 Å². The molecule has 0 aromatic heterocycles. The van der Waals surface area contributed by atoms with Gasteiger partial charge in [-0.05, 0) is 71.6 Å². The smallest absolute Gasteiger partial charge is 0.138 e. The second kappa shape index (κ2) is 6.03. The number of nitrogens with zero attached hydrogens (tertiary/aromatic N) is 1. The fraction of sp³-hybridized carbons (Fsp3) is 0.952. The Morgan fingerprint density at radius 1 is 1.04 bits per heavy atom. The fourth-order valence-corrected chi connectivity index (χ4v) is 5.81. The van der Waals surface area contributed by atoms with Gasteiger partial charge in [0.15, 0.2) is 0 Å². The number of hydrogen-bond acceptors (Lipinski definition) is 4. The maximum atomic E-state index is 12.3. The van der Waals surface area contributed by atoms with Crippen molar-refractivity contribution in [3.63, 3.8) is 0 Å². The maximum Gasteiger partial charge on any atom is 0.138 e. The van der Waals surface area contributed by atoms with E-state index in [9.17, 15) is 9.90 Å². The summed E-state index contributed by atoms with van der Waals surface area (Å²) in [5.41, 5.74) is -1.10. The van der Waals surface area contributed by atoms with Crippen molar-refractivity contribution < 1.29 is 14.7 Å². The highest BCUT2D eigenvalue weighted by atomic mass is 16.7. The Balaban J connectivity index is 1.80. The second-order valence-corrected chi connectivity index (χ2v) is 10.4. The van der Waals surface area contributed by atoms with Crippen LogP contribution in [0.15, 0.2) is 0 Å². The summed E-state index contributed by atoms with van der Waals surface area (Å²) >= 11 is 0. The molecule has 4 nitrogen and oxygen atoms in total. The summed E-state index contributed by atoms with van der Waals surface area (Å²) in [6.07, 6.45) is 7.33. The van der Waals surface area contributed by atoms with Gasteiger partial charge in [0.25, 0.3) is 0 Å². The molecule has 0 amide bonds. The molecular weight excluding hydrogens is 314 g/mol.